The molecule has 0 aliphatic carbocycles. The van der Waals surface area contributed by atoms with Gasteiger partial charge in [-0.15, -0.1) is 24.9 Å². The molecule has 7 atom stereocenters. The molecular weight excluding hydrogens is 666 g/mol. The Hall–Kier alpha value is -3.08. The van der Waals surface area contributed by atoms with Gasteiger partial charge in [0.1, 0.15) is 11.8 Å². The van der Waals surface area contributed by atoms with Crippen LogP contribution in [0.4, 0.5) is 5.69 Å². The third-order valence-corrected chi connectivity index (χ3v) is 12.6. The monoisotopic (exact) mass is 709 g/mol. The predicted octanol–water partition coefficient (Wildman–Crippen LogP) is 5.62. The minimum Gasteiger partial charge on any atom is -0.494 e. The fraction of sp³-hybridized carbons (Fsp3) is 0.472. The highest BCUT2D eigenvalue weighted by Crippen LogP contribution is 2.69. The highest BCUT2D eigenvalue weighted by Gasteiger charge is 2.76. The topological polar surface area (TPSA) is 90.4 Å². The van der Waals surface area contributed by atoms with Crippen molar-refractivity contribution < 1.29 is 24.2 Å². The van der Waals surface area contributed by atoms with Gasteiger partial charge in [0.05, 0.1) is 35.8 Å². The molecule has 1 N–H and O–H groups in total. The van der Waals surface area contributed by atoms with Gasteiger partial charge in [0, 0.05) is 34.4 Å². The van der Waals surface area contributed by atoms with E-state index in [-0.39, 0.29) is 41.0 Å². The second-order valence-corrected chi connectivity index (χ2v) is 15.8. The molecule has 3 unspecified atom stereocenters. The number of thioether (sulfide) groups is 1. The predicted molar refractivity (Wildman–Crippen MR) is 187 cm³/mol. The third kappa shape index (κ3) is 5.81. The van der Waals surface area contributed by atoms with Crippen molar-refractivity contribution in [1.82, 2.24) is 9.80 Å². The summed E-state index contributed by atoms with van der Waals surface area (Å²) in [6, 6.07) is 15.0. The Morgan fingerprint density at radius 2 is 1.76 bits per heavy atom. The number of rotatable bonds is 12. The van der Waals surface area contributed by atoms with Gasteiger partial charge < -0.3 is 24.5 Å². The summed E-state index contributed by atoms with van der Waals surface area (Å²) < 4.78 is 4.74. The number of fused-ring (bicyclic) bond motifs is 1. The summed E-state index contributed by atoms with van der Waals surface area (Å²) in [5, 5.41) is 10.6. The number of likely N-dealkylation sites (tertiary alicyclic amines) is 1. The fourth-order valence-electron chi connectivity index (χ4n) is 7.49. The summed E-state index contributed by atoms with van der Waals surface area (Å²) in [5.41, 5.74) is 0.854. The molecule has 8 nitrogen and oxygen atoms in total. The largest absolute Gasteiger partial charge is 0.494 e. The first kappa shape index (κ1) is 34.3. The number of aliphatic hydroxyl groups excluding tert-OH is 1. The number of halogens is 1. The number of hydrogen-bond donors (Lipinski definition) is 1. The SMILES string of the molecule is C=CCN(C(=O)[C@H]1[C@H]2C(=O)N([C@H](CO)c3ccccc3)C(C(=O)N(CC=C)C(C)(C)C)C23CC(Br)[C@@H]1S3)c1ccc(OCC)cc1. The number of amides is 3. The Morgan fingerprint density at radius 3 is 2.33 bits per heavy atom. The van der Waals surface area contributed by atoms with Crippen LogP contribution in [0.15, 0.2) is 79.9 Å². The first-order chi connectivity index (χ1) is 21.9. The molecule has 2 aromatic rings. The second-order valence-electron chi connectivity index (χ2n) is 13.1. The Labute approximate surface area is 285 Å². The molecule has 3 heterocycles. The number of carbonyl (C=O) groups excluding carboxylic acids is 3. The molecule has 10 heteroatoms. The van der Waals surface area contributed by atoms with Crippen LogP contribution in [0.2, 0.25) is 0 Å². The van der Waals surface area contributed by atoms with Crippen LogP contribution in [0.1, 0.15) is 45.7 Å². The molecule has 2 aromatic carbocycles. The van der Waals surface area contributed by atoms with Crippen molar-refractivity contribution in [1.29, 1.82) is 0 Å². The third-order valence-electron chi connectivity index (χ3n) is 9.36. The smallest absolute Gasteiger partial charge is 0.247 e. The number of hydrogen-bond acceptors (Lipinski definition) is 6. The van der Waals surface area contributed by atoms with E-state index >= 15 is 0 Å². The van der Waals surface area contributed by atoms with Gasteiger partial charge in [-0.3, -0.25) is 14.4 Å². The lowest BCUT2D eigenvalue weighted by molar-refractivity contribution is -0.148. The Bertz CT molecular complexity index is 1460. The van der Waals surface area contributed by atoms with Crippen LogP contribution >= 0.6 is 27.7 Å². The number of alkyl halides is 1. The lowest BCUT2D eigenvalue weighted by Gasteiger charge is -2.43. The van der Waals surface area contributed by atoms with Crippen LogP contribution in [0, 0.1) is 11.8 Å². The normalized spacial score (nSPS) is 27.2. The number of ether oxygens (including phenoxy) is 1. The van der Waals surface area contributed by atoms with E-state index in [2.05, 4.69) is 29.1 Å². The average molecular weight is 711 g/mol. The van der Waals surface area contributed by atoms with Crippen molar-refractivity contribution >= 4 is 51.1 Å². The maximum Gasteiger partial charge on any atom is 0.247 e. The van der Waals surface area contributed by atoms with Crippen molar-refractivity contribution in [2.24, 2.45) is 11.8 Å². The quantitative estimate of drug-likeness (QED) is 0.228. The van der Waals surface area contributed by atoms with Crippen molar-refractivity contribution in [2.75, 3.05) is 31.2 Å². The molecule has 0 saturated carbocycles. The molecule has 246 valence electrons. The molecule has 5 rings (SSSR count). The van der Waals surface area contributed by atoms with Crippen LogP contribution in [0.3, 0.4) is 0 Å². The minimum absolute atomic E-state index is 0.0940. The van der Waals surface area contributed by atoms with Crippen LogP contribution in [0.25, 0.3) is 0 Å². The maximum absolute atomic E-state index is 14.9. The number of anilines is 1. The molecule has 3 fully saturated rings. The molecule has 3 amide bonds. The Kier molecular flexibility index (Phi) is 10.1. The van der Waals surface area contributed by atoms with Crippen LogP contribution in [0.5, 0.6) is 5.75 Å². The number of carbonyl (C=O) groups is 3. The molecule has 3 aliphatic heterocycles. The van der Waals surface area contributed by atoms with Gasteiger partial charge in [0.2, 0.25) is 17.7 Å². The summed E-state index contributed by atoms with van der Waals surface area (Å²) >= 11 is 5.47. The summed E-state index contributed by atoms with van der Waals surface area (Å²) in [7, 11) is 0. The molecule has 0 aromatic heterocycles. The Balaban J connectivity index is 1.63. The van der Waals surface area contributed by atoms with Crippen molar-refractivity contribution in [3.63, 3.8) is 0 Å². The average Bonchev–Trinajstić information content (AvgIpc) is 3.62. The highest BCUT2D eigenvalue weighted by atomic mass is 79.9. The van der Waals surface area contributed by atoms with Crippen molar-refractivity contribution in [2.45, 2.75) is 66.6 Å². The molecule has 1 spiro atoms. The zero-order chi connectivity index (χ0) is 33.4. The van der Waals surface area contributed by atoms with Gasteiger partial charge in [0.25, 0.3) is 0 Å². The van der Waals surface area contributed by atoms with E-state index in [4.69, 9.17) is 4.74 Å². The van der Waals surface area contributed by atoms with Crippen LogP contribution in [-0.4, -0.2) is 85.3 Å². The minimum atomic E-state index is -0.896. The number of aliphatic hydroxyl groups is 1. The van der Waals surface area contributed by atoms with E-state index in [1.807, 2.05) is 82.3 Å². The van der Waals surface area contributed by atoms with Gasteiger partial charge in [-0.05, 0) is 63.9 Å². The van der Waals surface area contributed by atoms with Crippen molar-refractivity contribution in [3.05, 3.63) is 85.5 Å². The maximum atomic E-state index is 14.9. The summed E-state index contributed by atoms with van der Waals surface area (Å²) in [6.07, 6.45) is 3.92. The van der Waals surface area contributed by atoms with Gasteiger partial charge >= 0.3 is 0 Å². The zero-order valence-corrected chi connectivity index (χ0v) is 29.4. The first-order valence-electron chi connectivity index (χ1n) is 15.8. The molecule has 2 bridgehead atoms. The first-order valence-corrected chi connectivity index (χ1v) is 17.6. The van der Waals surface area contributed by atoms with E-state index in [9.17, 15) is 19.5 Å². The van der Waals surface area contributed by atoms with E-state index in [1.165, 1.54) is 0 Å². The summed E-state index contributed by atoms with van der Waals surface area (Å²) in [5.74, 6) is -1.40. The van der Waals surface area contributed by atoms with Gasteiger partial charge in [-0.2, -0.15) is 0 Å². The van der Waals surface area contributed by atoms with E-state index in [0.717, 1.165) is 5.56 Å². The molecule has 3 saturated heterocycles. The Morgan fingerprint density at radius 1 is 1.11 bits per heavy atom. The van der Waals surface area contributed by atoms with Gasteiger partial charge in [-0.25, -0.2) is 0 Å². The van der Waals surface area contributed by atoms with E-state index < -0.39 is 34.2 Å². The van der Waals surface area contributed by atoms with Crippen molar-refractivity contribution in [3.8, 4) is 5.75 Å². The number of nitrogens with zero attached hydrogens (tertiary/aromatic N) is 3. The van der Waals surface area contributed by atoms with Crippen LogP contribution < -0.4 is 9.64 Å². The van der Waals surface area contributed by atoms with Gasteiger partial charge in [0.15, 0.2) is 0 Å². The standard InChI is InChI=1S/C36H44BrN3O5S/c1-7-19-38(24-15-17-25(18-16-24)45-9-3)32(42)28-29-33(43)40(27(22-41)23-13-11-10-12-14-23)31(36(29)21-26(37)30(28)46-36)34(44)39(20-8-2)35(4,5)6/h7-8,10-18,26-31,41H,1-2,9,19-22H2,3-6H3/t26?,27-,28+,29+,30+,31?,36?/m1/s1. The highest BCUT2D eigenvalue weighted by molar-refractivity contribution is 9.09. The molecular formula is C36H44BrN3O5S. The van der Waals surface area contributed by atoms with E-state index in [0.29, 0.717) is 31.0 Å². The molecule has 0 radical (unpaired) electrons. The molecule has 46 heavy (non-hydrogen) atoms. The lowest BCUT2D eigenvalue weighted by Crippen LogP contribution is -2.59. The van der Waals surface area contributed by atoms with E-state index in [1.54, 1.807) is 38.6 Å². The van der Waals surface area contributed by atoms with Gasteiger partial charge in [-0.1, -0.05) is 58.4 Å². The number of benzene rings is 2. The second kappa shape index (κ2) is 13.6. The fourth-order valence-corrected chi connectivity index (χ4v) is 11.1. The molecule has 3 aliphatic rings. The summed E-state index contributed by atoms with van der Waals surface area (Å²) in [6.45, 7) is 16.3. The lowest BCUT2D eigenvalue weighted by atomic mass is 9.70. The summed E-state index contributed by atoms with van der Waals surface area (Å²) in [4.78, 5) is 49.5. The van der Waals surface area contributed by atoms with Crippen LogP contribution in [-0.2, 0) is 14.4 Å². The zero-order valence-electron chi connectivity index (χ0n) is 27.0.